The smallest absolute Gasteiger partial charge is 0.224 e. The lowest BCUT2D eigenvalue weighted by molar-refractivity contribution is -0.116. The lowest BCUT2D eigenvalue weighted by atomic mass is 9.94. The molecule has 0 aliphatic carbocycles. The van der Waals surface area contributed by atoms with Gasteiger partial charge in [0.1, 0.15) is 0 Å². The summed E-state index contributed by atoms with van der Waals surface area (Å²) in [5.74, 6) is 0.626. The number of hydrogen-bond acceptors (Lipinski definition) is 3. The van der Waals surface area contributed by atoms with Crippen LogP contribution in [0.2, 0.25) is 0 Å². The number of amides is 1. The summed E-state index contributed by atoms with van der Waals surface area (Å²) in [5.41, 5.74) is 6.38. The van der Waals surface area contributed by atoms with Gasteiger partial charge in [-0.25, -0.2) is 0 Å². The average Bonchev–Trinajstić information content (AvgIpc) is 2.85. The second-order valence-corrected chi connectivity index (χ2v) is 5.62. The summed E-state index contributed by atoms with van der Waals surface area (Å²) in [6.45, 7) is 6.98. The first-order valence-corrected chi connectivity index (χ1v) is 7.60. The standard InChI is InChI=1S/C15H28N4O/c1-4-5-13(8-9-16)6-7-15(20)18-14-10-17-19(11-14)12(2)3/h10-13H,4-9,16H2,1-3H3,(H,18,20). The van der Waals surface area contributed by atoms with Gasteiger partial charge in [0.25, 0.3) is 0 Å². The molecule has 0 aliphatic heterocycles. The predicted octanol–water partition coefficient (Wildman–Crippen LogP) is 2.95. The first-order valence-electron chi connectivity index (χ1n) is 7.60. The molecule has 0 spiro atoms. The Morgan fingerprint density at radius 3 is 2.70 bits per heavy atom. The van der Waals surface area contributed by atoms with Crippen molar-refractivity contribution < 1.29 is 4.79 Å². The molecule has 0 radical (unpaired) electrons. The fourth-order valence-corrected chi connectivity index (χ4v) is 2.32. The van der Waals surface area contributed by atoms with Gasteiger partial charge in [-0.3, -0.25) is 9.48 Å². The third-order valence-corrected chi connectivity index (χ3v) is 3.47. The van der Waals surface area contributed by atoms with E-state index in [1.807, 2.05) is 10.9 Å². The Balaban J connectivity index is 2.38. The highest BCUT2D eigenvalue weighted by Gasteiger charge is 2.11. The van der Waals surface area contributed by atoms with Gasteiger partial charge in [0.05, 0.1) is 11.9 Å². The molecule has 0 fully saturated rings. The molecule has 0 aliphatic rings. The second kappa shape index (κ2) is 8.74. The van der Waals surface area contributed by atoms with Gasteiger partial charge in [-0.15, -0.1) is 0 Å². The molecule has 1 atom stereocenters. The Bertz CT molecular complexity index is 394. The highest BCUT2D eigenvalue weighted by molar-refractivity contribution is 5.90. The zero-order valence-electron chi connectivity index (χ0n) is 12.9. The van der Waals surface area contributed by atoms with Crippen LogP contribution in [0.4, 0.5) is 5.69 Å². The monoisotopic (exact) mass is 280 g/mol. The van der Waals surface area contributed by atoms with Gasteiger partial charge in [-0.05, 0) is 39.2 Å². The summed E-state index contributed by atoms with van der Waals surface area (Å²) in [6.07, 6.45) is 8.33. The third-order valence-electron chi connectivity index (χ3n) is 3.47. The first kappa shape index (κ1) is 16.7. The number of carbonyl (C=O) groups excluding carboxylic acids is 1. The van der Waals surface area contributed by atoms with Crippen LogP contribution in [0.5, 0.6) is 0 Å². The fraction of sp³-hybridized carbons (Fsp3) is 0.733. The van der Waals surface area contributed by atoms with Gasteiger partial charge in [-0.1, -0.05) is 19.8 Å². The first-order chi connectivity index (χ1) is 9.56. The van der Waals surface area contributed by atoms with Crippen LogP contribution < -0.4 is 11.1 Å². The topological polar surface area (TPSA) is 72.9 Å². The summed E-state index contributed by atoms with van der Waals surface area (Å²) >= 11 is 0. The summed E-state index contributed by atoms with van der Waals surface area (Å²) < 4.78 is 1.84. The summed E-state index contributed by atoms with van der Waals surface area (Å²) in [7, 11) is 0. The molecule has 1 heterocycles. The Hall–Kier alpha value is -1.36. The van der Waals surface area contributed by atoms with Crippen molar-refractivity contribution in [3.8, 4) is 0 Å². The van der Waals surface area contributed by atoms with E-state index in [0.29, 0.717) is 24.9 Å². The highest BCUT2D eigenvalue weighted by Crippen LogP contribution is 2.18. The molecule has 0 saturated carbocycles. The van der Waals surface area contributed by atoms with Gasteiger partial charge >= 0.3 is 0 Å². The zero-order valence-corrected chi connectivity index (χ0v) is 12.9. The highest BCUT2D eigenvalue weighted by atomic mass is 16.1. The minimum atomic E-state index is 0.0615. The Kier molecular flexibility index (Phi) is 7.30. The Morgan fingerprint density at radius 1 is 1.40 bits per heavy atom. The summed E-state index contributed by atoms with van der Waals surface area (Å²) in [4.78, 5) is 11.9. The number of hydrogen-bond donors (Lipinski definition) is 2. The van der Waals surface area contributed by atoms with Crippen LogP contribution in [-0.4, -0.2) is 22.2 Å². The van der Waals surface area contributed by atoms with Crippen molar-refractivity contribution in [2.45, 2.75) is 58.9 Å². The van der Waals surface area contributed by atoms with Gasteiger partial charge in [0.15, 0.2) is 0 Å². The van der Waals surface area contributed by atoms with E-state index in [1.165, 1.54) is 0 Å². The molecule has 1 aromatic heterocycles. The van der Waals surface area contributed by atoms with Crippen molar-refractivity contribution >= 4 is 11.6 Å². The van der Waals surface area contributed by atoms with E-state index in [9.17, 15) is 4.79 Å². The molecule has 3 N–H and O–H groups in total. The third kappa shape index (κ3) is 5.74. The number of rotatable bonds is 9. The molecule has 0 bridgehead atoms. The van der Waals surface area contributed by atoms with Crippen LogP contribution >= 0.6 is 0 Å². The molecule has 5 nitrogen and oxygen atoms in total. The maximum atomic E-state index is 11.9. The van der Waals surface area contributed by atoms with Gasteiger partial charge < -0.3 is 11.1 Å². The van der Waals surface area contributed by atoms with Crippen molar-refractivity contribution in [1.29, 1.82) is 0 Å². The van der Waals surface area contributed by atoms with Crippen molar-refractivity contribution in [2.75, 3.05) is 11.9 Å². The predicted molar refractivity (Wildman–Crippen MR) is 82.5 cm³/mol. The van der Waals surface area contributed by atoms with E-state index >= 15 is 0 Å². The van der Waals surface area contributed by atoms with E-state index in [2.05, 4.69) is 31.2 Å². The van der Waals surface area contributed by atoms with Gasteiger partial charge in [0.2, 0.25) is 5.91 Å². The number of carbonyl (C=O) groups is 1. The maximum Gasteiger partial charge on any atom is 0.224 e. The molecule has 1 aromatic rings. The second-order valence-electron chi connectivity index (χ2n) is 5.62. The number of aromatic nitrogens is 2. The number of nitrogens with one attached hydrogen (secondary N) is 1. The fourth-order valence-electron chi connectivity index (χ4n) is 2.32. The lowest BCUT2D eigenvalue weighted by Gasteiger charge is -2.14. The lowest BCUT2D eigenvalue weighted by Crippen LogP contribution is -2.15. The maximum absolute atomic E-state index is 11.9. The van der Waals surface area contributed by atoms with Gasteiger partial charge in [-0.2, -0.15) is 5.10 Å². The van der Waals surface area contributed by atoms with Crippen molar-refractivity contribution in [3.63, 3.8) is 0 Å². The molecular weight excluding hydrogens is 252 g/mol. The van der Waals surface area contributed by atoms with E-state index in [4.69, 9.17) is 5.73 Å². The largest absolute Gasteiger partial charge is 0.330 e. The van der Waals surface area contributed by atoms with Crippen molar-refractivity contribution in [1.82, 2.24) is 9.78 Å². The minimum absolute atomic E-state index is 0.0615. The number of nitrogens with two attached hydrogens (primary N) is 1. The molecule has 114 valence electrons. The molecular formula is C15H28N4O. The van der Waals surface area contributed by atoms with Crippen LogP contribution in [0.3, 0.4) is 0 Å². The Morgan fingerprint density at radius 2 is 2.15 bits per heavy atom. The van der Waals surface area contributed by atoms with Crippen LogP contribution in [0, 0.1) is 5.92 Å². The summed E-state index contributed by atoms with van der Waals surface area (Å²) in [6, 6.07) is 0.305. The Labute approximate surface area is 121 Å². The van der Waals surface area contributed by atoms with E-state index < -0.39 is 0 Å². The molecule has 20 heavy (non-hydrogen) atoms. The molecule has 1 unspecified atom stereocenters. The van der Waals surface area contributed by atoms with Crippen molar-refractivity contribution in [3.05, 3.63) is 12.4 Å². The van der Waals surface area contributed by atoms with Crippen LogP contribution in [-0.2, 0) is 4.79 Å². The summed E-state index contributed by atoms with van der Waals surface area (Å²) in [5, 5.41) is 7.11. The molecule has 1 rings (SSSR count). The quantitative estimate of drug-likeness (QED) is 0.730. The average molecular weight is 280 g/mol. The van der Waals surface area contributed by atoms with Crippen molar-refractivity contribution in [2.24, 2.45) is 11.7 Å². The van der Waals surface area contributed by atoms with E-state index in [0.717, 1.165) is 31.4 Å². The van der Waals surface area contributed by atoms with Gasteiger partial charge in [0, 0.05) is 18.7 Å². The number of anilines is 1. The van der Waals surface area contributed by atoms with E-state index in [-0.39, 0.29) is 5.91 Å². The van der Waals surface area contributed by atoms with Crippen LogP contribution in [0.25, 0.3) is 0 Å². The molecule has 1 amide bonds. The SMILES string of the molecule is CCCC(CCN)CCC(=O)Nc1cnn(C(C)C)c1. The van der Waals surface area contributed by atoms with Crippen LogP contribution in [0.15, 0.2) is 12.4 Å². The van der Waals surface area contributed by atoms with Crippen LogP contribution in [0.1, 0.15) is 58.9 Å². The minimum Gasteiger partial charge on any atom is -0.330 e. The normalized spacial score (nSPS) is 12.7. The molecule has 5 heteroatoms. The zero-order chi connectivity index (χ0) is 15.0. The van der Waals surface area contributed by atoms with E-state index in [1.54, 1.807) is 6.20 Å². The number of nitrogens with zero attached hydrogens (tertiary/aromatic N) is 2. The molecule has 0 saturated heterocycles. The molecule has 0 aromatic carbocycles.